The Labute approximate surface area is 165 Å². The first-order chi connectivity index (χ1) is 13.4. The molecule has 3 atom stereocenters. The van der Waals surface area contributed by atoms with Gasteiger partial charge in [-0.3, -0.25) is 9.59 Å². The Morgan fingerprint density at radius 3 is 2.46 bits per heavy atom. The number of carbonyl (C=O) groups excluding carboxylic acids is 2. The van der Waals surface area contributed by atoms with Gasteiger partial charge in [-0.05, 0) is 37.1 Å². The summed E-state index contributed by atoms with van der Waals surface area (Å²) in [7, 11) is 1.80. The number of anilines is 1. The number of hydrogen-bond acceptors (Lipinski definition) is 2. The van der Waals surface area contributed by atoms with Gasteiger partial charge in [0, 0.05) is 5.69 Å². The fourth-order valence-corrected chi connectivity index (χ4v) is 2.99. The Kier molecular flexibility index (Phi) is 8.14. The average Bonchev–Trinajstić information content (AvgIpc) is 2.67. The van der Waals surface area contributed by atoms with E-state index in [2.05, 4.69) is 17.6 Å². The van der Waals surface area contributed by atoms with Gasteiger partial charge >= 0.3 is 0 Å². The van der Waals surface area contributed by atoms with Crippen molar-refractivity contribution in [1.29, 1.82) is 0 Å². The predicted molar refractivity (Wildman–Crippen MR) is 108 cm³/mol. The first-order valence-corrected chi connectivity index (χ1v) is 9.63. The molecule has 0 aliphatic carbocycles. The van der Waals surface area contributed by atoms with Crippen molar-refractivity contribution >= 4 is 17.5 Å². The van der Waals surface area contributed by atoms with Crippen molar-refractivity contribution in [3.05, 3.63) is 66.0 Å². The molecular formula is C22H29FN3O2+. The van der Waals surface area contributed by atoms with Crippen molar-refractivity contribution in [3.8, 4) is 0 Å². The molecule has 2 aromatic carbocycles. The monoisotopic (exact) mass is 386 g/mol. The smallest absolute Gasteiger partial charge is 0.279 e. The molecule has 5 nitrogen and oxygen atoms in total. The molecule has 0 aliphatic rings. The molecule has 0 spiro atoms. The van der Waals surface area contributed by atoms with Crippen LogP contribution in [-0.4, -0.2) is 31.4 Å². The largest absolute Gasteiger partial charge is 0.344 e. The number of benzene rings is 2. The highest BCUT2D eigenvalue weighted by atomic mass is 19.1. The van der Waals surface area contributed by atoms with Gasteiger partial charge in [0.15, 0.2) is 12.6 Å². The Balaban J connectivity index is 1.92. The molecule has 6 heteroatoms. The fourth-order valence-electron chi connectivity index (χ4n) is 2.99. The second-order valence-corrected chi connectivity index (χ2v) is 7.06. The molecule has 0 aromatic heterocycles. The lowest BCUT2D eigenvalue weighted by atomic mass is 10.0. The molecule has 0 bridgehead atoms. The van der Waals surface area contributed by atoms with Crippen LogP contribution in [0.15, 0.2) is 54.6 Å². The van der Waals surface area contributed by atoms with Gasteiger partial charge in [-0.25, -0.2) is 4.39 Å². The summed E-state index contributed by atoms with van der Waals surface area (Å²) < 4.78 is 13.2. The van der Waals surface area contributed by atoms with Crippen LogP contribution in [0, 0.1) is 5.82 Å². The van der Waals surface area contributed by atoms with Gasteiger partial charge in [-0.2, -0.15) is 0 Å². The number of quaternary nitrogens is 1. The number of carbonyl (C=O) groups is 2. The van der Waals surface area contributed by atoms with Crippen LogP contribution in [0.5, 0.6) is 0 Å². The molecule has 0 aliphatic heterocycles. The van der Waals surface area contributed by atoms with Gasteiger partial charge in [0.05, 0.1) is 13.1 Å². The van der Waals surface area contributed by atoms with Crippen LogP contribution in [0.2, 0.25) is 0 Å². The van der Waals surface area contributed by atoms with E-state index in [-0.39, 0.29) is 24.4 Å². The van der Waals surface area contributed by atoms with Crippen molar-refractivity contribution in [2.75, 3.05) is 18.9 Å². The van der Waals surface area contributed by atoms with Crippen LogP contribution in [0.3, 0.4) is 0 Å². The summed E-state index contributed by atoms with van der Waals surface area (Å²) in [6.07, 6.45) is 1.80. The molecule has 2 aromatic rings. The maximum Gasteiger partial charge on any atom is 0.279 e. The van der Waals surface area contributed by atoms with E-state index < -0.39 is 11.9 Å². The minimum Gasteiger partial charge on any atom is -0.344 e. The highest BCUT2D eigenvalue weighted by Gasteiger charge is 2.26. The van der Waals surface area contributed by atoms with Crippen molar-refractivity contribution in [3.63, 3.8) is 0 Å². The normalized spacial score (nSPS) is 14.0. The van der Waals surface area contributed by atoms with E-state index in [0.717, 1.165) is 23.3 Å². The van der Waals surface area contributed by atoms with E-state index in [0.29, 0.717) is 5.69 Å². The lowest BCUT2D eigenvalue weighted by Gasteiger charge is -2.24. The van der Waals surface area contributed by atoms with Gasteiger partial charge in [-0.1, -0.05) is 49.7 Å². The van der Waals surface area contributed by atoms with E-state index in [1.807, 2.05) is 30.3 Å². The molecule has 3 N–H and O–H groups in total. The highest BCUT2D eigenvalue weighted by Crippen LogP contribution is 2.18. The molecule has 28 heavy (non-hydrogen) atoms. The zero-order valence-corrected chi connectivity index (χ0v) is 16.7. The molecule has 0 radical (unpaired) electrons. The van der Waals surface area contributed by atoms with Crippen LogP contribution in [-0.2, 0) is 9.59 Å². The van der Waals surface area contributed by atoms with E-state index in [9.17, 15) is 14.0 Å². The highest BCUT2D eigenvalue weighted by molar-refractivity contribution is 5.91. The Bertz CT molecular complexity index is 782. The van der Waals surface area contributed by atoms with Gasteiger partial charge < -0.3 is 15.5 Å². The van der Waals surface area contributed by atoms with Gasteiger partial charge in [0.25, 0.3) is 11.8 Å². The summed E-state index contributed by atoms with van der Waals surface area (Å²) in [6.45, 7) is 3.99. The zero-order chi connectivity index (χ0) is 20.5. The topological polar surface area (TPSA) is 62.6 Å². The van der Waals surface area contributed by atoms with Crippen LogP contribution in [0.4, 0.5) is 10.1 Å². The minimum atomic E-state index is -0.408. The van der Waals surface area contributed by atoms with E-state index in [1.54, 1.807) is 20.0 Å². The lowest BCUT2D eigenvalue weighted by Crippen LogP contribution is -3.15. The molecule has 150 valence electrons. The number of rotatable bonds is 9. The van der Waals surface area contributed by atoms with Gasteiger partial charge in [0.2, 0.25) is 0 Å². The number of amides is 2. The zero-order valence-electron chi connectivity index (χ0n) is 16.7. The van der Waals surface area contributed by atoms with Crippen molar-refractivity contribution in [2.24, 2.45) is 0 Å². The summed E-state index contributed by atoms with van der Waals surface area (Å²) in [5.41, 5.74) is 1.48. The molecule has 0 fully saturated rings. The van der Waals surface area contributed by atoms with Gasteiger partial charge in [0.1, 0.15) is 5.82 Å². The standard InChI is InChI=1S/C22H28FN3O2/c1-4-9-20(17-10-6-5-7-11-17)25-22(28)16(2)26(3)15-21(27)24-19-13-8-12-18(23)14-19/h5-8,10-14,16,20H,4,9,15H2,1-3H3,(H,24,27)(H,25,28)/p+1/t16-,20+/m0/s1. The SMILES string of the molecule is CCC[C@@H](NC(=O)[C@H](C)[NH+](C)CC(=O)Nc1cccc(F)c1)c1ccccc1. The minimum absolute atomic E-state index is 0.0462. The lowest BCUT2D eigenvalue weighted by molar-refractivity contribution is -0.885. The second-order valence-electron chi connectivity index (χ2n) is 7.06. The molecule has 1 unspecified atom stereocenters. The Hall–Kier alpha value is -2.73. The summed E-state index contributed by atoms with van der Waals surface area (Å²) >= 11 is 0. The predicted octanol–water partition coefficient (Wildman–Crippen LogP) is 2.33. The maximum atomic E-state index is 13.2. The van der Waals surface area contributed by atoms with Crippen molar-refractivity contribution in [1.82, 2.24) is 5.32 Å². The maximum absolute atomic E-state index is 13.2. The molecule has 2 amide bonds. The molecule has 0 heterocycles. The number of nitrogens with one attached hydrogen (secondary N) is 3. The van der Waals surface area contributed by atoms with E-state index in [4.69, 9.17) is 0 Å². The van der Waals surface area contributed by atoms with Gasteiger partial charge in [-0.15, -0.1) is 0 Å². The average molecular weight is 386 g/mol. The van der Waals surface area contributed by atoms with Crippen LogP contribution < -0.4 is 15.5 Å². The number of hydrogen-bond donors (Lipinski definition) is 3. The second kappa shape index (κ2) is 10.6. The third-order valence-electron chi connectivity index (χ3n) is 4.78. The van der Waals surface area contributed by atoms with Crippen molar-refractivity contribution in [2.45, 2.75) is 38.8 Å². The van der Waals surface area contributed by atoms with E-state index in [1.165, 1.54) is 18.2 Å². The first-order valence-electron chi connectivity index (χ1n) is 9.63. The number of halogens is 1. The molecule has 2 rings (SSSR count). The Morgan fingerprint density at radius 1 is 1.11 bits per heavy atom. The van der Waals surface area contributed by atoms with Crippen LogP contribution in [0.25, 0.3) is 0 Å². The third kappa shape index (κ3) is 6.46. The summed E-state index contributed by atoms with van der Waals surface area (Å²) in [4.78, 5) is 25.7. The number of likely N-dealkylation sites (N-methyl/N-ethyl adjacent to an activating group) is 1. The first kappa shape index (κ1) is 21.6. The molecule has 0 saturated carbocycles. The summed E-state index contributed by atoms with van der Waals surface area (Å²) in [5.74, 6) is -0.775. The van der Waals surface area contributed by atoms with Crippen molar-refractivity contribution < 1.29 is 18.9 Å². The van der Waals surface area contributed by atoms with Crippen LogP contribution >= 0.6 is 0 Å². The summed E-state index contributed by atoms with van der Waals surface area (Å²) in [5, 5.41) is 5.77. The Morgan fingerprint density at radius 2 is 1.82 bits per heavy atom. The van der Waals surface area contributed by atoms with E-state index >= 15 is 0 Å². The van der Waals surface area contributed by atoms with Crippen LogP contribution in [0.1, 0.15) is 38.3 Å². The molecular weight excluding hydrogens is 357 g/mol. The summed E-state index contributed by atoms with van der Waals surface area (Å²) in [6, 6.07) is 15.2. The fraction of sp³-hybridized carbons (Fsp3) is 0.364. The quantitative estimate of drug-likeness (QED) is 0.619. The molecule has 0 saturated heterocycles. The third-order valence-corrected chi connectivity index (χ3v) is 4.78.